The van der Waals surface area contributed by atoms with Crippen molar-refractivity contribution in [2.24, 2.45) is 11.0 Å². The van der Waals surface area contributed by atoms with Crippen LogP contribution >= 0.6 is 0 Å². The molecule has 1 atom stereocenters. The normalized spacial score (nSPS) is 18.4. The Morgan fingerprint density at radius 1 is 1.16 bits per heavy atom. The topological polar surface area (TPSA) is 62.2 Å². The molecule has 0 unspecified atom stereocenters. The molecule has 2 aromatic rings. The van der Waals surface area contributed by atoms with Gasteiger partial charge < -0.3 is 9.64 Å². The monoisotopic (exact) mass is 419 g/mol. The highest BCUT2D eigenvalue weighted by Gasteiger charge is 2.35. The molecule has 1 aliphatic heterocycles. The first kappa shape index (κ1) is 21.1. The third kappa shape index (κ3) is 4.48. The van der Waals surface area contributed by atoms with Crippen molar-refractivity contribution in [3.63, 3.8) is 0 Å². The van der Waals surface area contributed by atoms with Crippen LogP contribution in [0.3, 0.4) is 0 Å². The Labute approximate surface area is 183 Å². The van der Waals surface area contributed by atoms with Crippen LogP contribution in [0.2, 0.25) is 0 Å². The summed E-state index contributed by atoms with van der Waals surface area (Å²) in [5.41, 5.74) is 3.98. The molecular formula is C25H29N3O3. The van der Waals surface area contributed by atoms with E-state index < -0.39 is 0 Å². The zero-order chi connectivity index (χ0) is 22.0. The lowest BCUT2D eigenvalue weighted by Gasteiger charge is -2.30. The van der Waals surface area contributed by atoms with E-state index in [1.54, 1.807) is 24.1 Å². The lowest BCUT2D eigenvalue weighted by atomic mass is 9.84. The molecule has 162 valence electrons. The molecule has 1 fully saturated rings. The number of hydrogen-bond acceptors (Lipinski definition) is 4. The molecule has 1 saturated carbocycles. The Morgan fingerprint density at radius 3 is 2.55 bits per heavy atom. The van der Waals surface area contributed by atoms with E-state index >= 15 is 0 Å². The predicted octanol–water partition coefficient (Wildman–Crippen LogP) is 3.94. The standard InChI is InChI=1S/C25H29N3O3/c1-17-10-12-18(13-11-17)23-15-22(20-8-5-9-21(14-20)31-3)26-28(23)24(29)16-27(2)25(30)19-6-4-7-19/h5,8-14,19,23H,4,6-7,15-16H2,1-3H3/t23-/m0/s1. The predicted molar refractivity (Wildman–Crippen MR) is 120 cm³/mol. The van der Waals surface area contributed by atoms with Gasteiger partial charge >= 0.3 is 0 Å². The Kier molecular flexibility index (Phi) is 6.07. The molecule has 0 N–H and O–H groups in total. The number of hydrogen-bond donors (Lipinski definition) is 0. The van der Waals surface area contributed by atoms with Crippen LogP contribution in [0.4, 0.5) is 0 Å². The second kappa shape index (κ2) is 8.92. The van der Waals surface area contributed by atoms with Crippen molar-refractivity contribution in [3.8, 4) is 5.75 Å². The molecule has 31 heavy (non-hydrogen) atoms. The van der Waals surface area contributed by atoms with Crippen LogP contribution in [-0.2, 0) is 9.59 Å². The second-order valence-electron chi connectivity index (χ2n) is 8.47. The van der Waals surface area contributed by atoms with Crippen LogP contribution < -0.4 is 4.74 Å². The quantitative estimate of drug-likeness (QED) is 0.713. The largest absolute Gasteiger partial charge is 0.497 e. The van der Waals surface area contributed by atoms with Crippen LogP contribution in [0.1, 0.15) is 48.4 Å². The lowest BCUT2D eigenvalue weighted by Crippen LogP contribution is -2.42. The zero-order valence-corrected chi connectivity index (χ0v) is 18.4. The third-order valence-corrected chi connectivity index (χ3v) is 6.23. The van der Waals surface area contributed by atoms with Crippen molar-refractivity contribution in [3.05, 3.63) is 65.2 Å². The summed E-state index contributed by atoms with van der Waals surface area (Å²) < 4.78 is 5.35. The molecular weight excluding hydrogens is 390 g/mol. The van der Waals surface area contributed by atoms with E-state index in [1.807, 2.05) is 55.5 Å². The van der Waals surface area contributed by atoms with Gasteiger partial charge in [0.1, 0.15) is 12.3 Å². The first-order valence-electron chi connectivity index (χ1n) is 10.8. The number of methoxy groups -OCH3 is 1. The molecule has 0 saturated heterocycles. The van der Waals surface area contributed by atoms with Gasteiger partial charge in [-0.25, -0.2) is 5.01 Å². The van der Waals surface area contributed by atoms with Crippen molar-refractivity contribution >= 4 is 17.5 Å². The number of ether oxygens (including phenoxy) is 1. The number of benzene rings is 2. The van der Waals surface area contributed by atoms with Gasteiger partial charge in [-0.15, -0.1) is 0 Å². The molecule has 0 radical (unpaired) electrons. The number of nitrogens with zero attached hydrogens (tertiary/aromatic N) is 3. The molecule has 6 nitrogen and oxygen atoms in total. The van der Waals surface area contributed by atoms with E-state index in [1.165, 1.54) is 5.56 Å². The number of rotatable bonds is 6. The minimum atomic E-state index is -0.193. The molecule has 1 aliphatic carbocycles. The molecule has 0 bridgehead atoms. The maximum absolute atomic E-state index is 13.2. The van der Waals surface area contributed by atoms with Gasteiger partial charge in [-0.1, -0.05) is 48.4 Å². The van der Waals surface area contributed by atoms with E-state index in [9.17, 15) is 9.59 Å². The molecule has 0 spiro atoms. The summed E-state index contributed by atoms with van der Waals surface area (Å²) in [7, 11) is 3.34. The van der Waals surface area contributed by atoms with E-state index in [4.69, 9.17) is 9.84 Å². The highest BCUT2D eigenvalue weighted by Crippen LogP contribution is 2.34. The fourth-order valence-electron chi connectivity index (χ4n) is 4.09. The van der Waals surface area contributed by atoms with Crippen molar-refractivity contribution in [2.45, 2.75) is 38.6 Å². The van der Waals surface area contributed by atoms with Gasteiger partial charge in [0.25, 0.3) is 5.91 Å². The second-order valence-corrected chi connectivity index (χ2v) is 8.47. The Hall–Kier alpha value is -3.15. The van der Waals surface area contributed by atoms with Gasteiger partial charge in [0.2, 0.25) is 5.91 Å². The fraction of sp³-hybridized carbons (Fsp3) is 0.400. The summed E-state index contributed by atoms with van der Waals surface area (Å²) in [5.74, 6) is 0.712. The highest BCUT2D eigenvalue weighted by atomic mass is 16.5. The maximum Gasteiger partial charge on any atom is 0.262 e. The van der Waals surface area contributed by atoms with Crippen LogP contribution in [0.25, 0.3) is 0 Å². The molecule has 1 heterocycles. The summed E-state index contributed by atoms with van der Waals surface area (Å²) in [6, 6.07) is 15.7. The average Bonchev–Trinajstić information content (AvgIpc) is 3.18. The molecule has 2 amide bonds. The van der Waals surface area contributed by atoms with Gasteiger partial charge in [0.05, 0.1) is 18.9 Å². The van der Waals surface area contributed by atoms with Crippen LogP contribution in [0.15, 0.2) is 53.6 Å². The zero-order valence-electron chi connectivity index (χ0n) is 18.4. The van der Waals surface area contributed by atoms with E-state index in [-0.39, 0.29) is 30.3 Å². The molecule has 0 aromatic heterocycles. The molecule has 2 aromatic carbocycles. The molecule has 4 rings (SSSR count). The Balaban J connectivity index is 1.59. The lowest BCUT2D eigenvalue weighted by molar-refractivity contribution is -0.144. The van der Waals surface area contributed by atoms with Crippen molar-refractivity contribution < 1.29 is 14.3 Å². The van der Waals surface area contributed by atoms with Gasteiger partial charge in [-0.2, -0.15) is 5.10 Å². The average molecular weight is 420 g/mol. The van der Waals surface area contributed by atoms with E-state index in [2.05, 4.69) is 0 Å². The number of amides is 2. The number of likely N-dealkylation sites (N-methyl/N-ethyl adjacent to an activating group) is 1. The summed E-state index contributed by atoms with van der Waals surface area (Å²) in [6.07, 6.45) is 3.55. The number of aryl methyl sites for hydroxylation is 1. The van der Waals surface area contributed by atoms with E-state index in [0.29, 0.717) is 6.42 Å². The third-order valence-electron chi connectivity index (χ3n) is 6.23. The van der Waals surface area contributed by atoms with Gasteiger partial charge in [0.15, 0.2) is 0 Å². The number of hydrazone groups is 1. The highest BCUT2D eigenvalue weighted by molar-refractivity contribution is 6.03. The van der Waals surface area contributed by atoms with Crippen molar-refractivity contribution in [2.75, 3.05) is 20.7 Å². The summed E-state index contributed by atoms with van der Waals surface area (Å²) in [6.45, 7) is 2.08. The van der Waals surface area contributed by atoms with Crippen LogP contribution in [0.5, 0.6) is 5.75 Å². The Bertz CT molecular complexity index is 995. The summed E-state index contributed by atoms with van der Waals surface area (Å²) >= 11 is 0. The summed E-state index contributed by atoms with van der Waals surface area (Å²) in [4.78, 5) is 27.3. The SMILES string of the molecule is COc1cccc(C2=NN(C(=O)CN(C)C(=O)C3CCC3)[C@H](c3ccc(C)cc3)C2)c1. The molecule has 2 aliphatic rings. The number of carbonyl (C=O) groups excluding carboxylic acids is 2. The Morgan fingerprint density at radius 2 is 1.90 bits per heavy atom. The van der Waals surface area contributed by atoms with Crippen LogP contribution in [-0.4, -0.2) is 48.1 Å². The minimum absolute atomic E-state index is 0.0343. The van der Waals surface area contributed by atoms with Gasteiger partial charge in [0, 0.05) is 24.9 Å². The first-order valence-corrected chi connectivity index (χ1v) is 10.8. The minimum Gasteiger partial charge on any atom is -0.497 e. The van der Waals surface area contributed by atoms with Crippen LogP contribution in [0, 0.1) is 12.8 Å². The summed E-state index contributed by atoms with van der Waals surface area (Å²) in [5, 5.41) is 6.27. The maximum atomic E-state index is 13.2. The smallest absolute Gasteiger partial charge is 0.262 e. The van der Waals surface area contributed by atoms with Gasteiger partial charge in [-0.05, 0) is 37.5 Å². The fourth-order valence-corrected chi connectivity index (χ4v) is 4.09. The first-order chi connectivity index (χ1) is 15.0. The molecule has 6 heteroatoms. The van der Waals surface area contributed by atoms with Gasteiger partial charge in [-0.3, -0.25) is 9.59 Å². The van der Waals surface area contributed by atoms with E-state index in [0.717, 1.165) is 41.9 Å². The van der Waals surface area contributed by atoms with Crippen molar-refractivity contribution in [1.82, 2.24) is 9.91 Å². The number of carbonyl (C=O) groups is 2. The van der Waals surface area contributed by atoms with Crippen molar-refractivity contribution in [1.29, 1.82) is 0 Å².